The Labute approximate surface area is 179 Å². The Kier molecular flexibility index (Phi) is 8.16. The SMILES string of the molecule is C[C@@H](CC(=O)N[C@@H](C)C(=O)CCc1cccc2ccccc12)CC(=O)NC(C)(C)C. The number of rotatable bonds is 9. The number of nitrogens with one attached hydrogen (secondary N) is 2. The number of amides is 2. The molecule has 0 aliphatic heterocycles. The zero-order chi connectivity index (χ0) is 22.3. The van der Waals surface area contributed by atoms with Crippen molar-refractivity contribution in [3.05, 3.63) is 48.0 Å². The van der Waals surface area contributed by atoms with Gasteiger partial charge < -0.3 is 10.6 Å². The fourth-order valence-corrected chi connectivity index (χ4v) is 3.54. The second kappa shape index (κ2) is 10.4. The van der Waals surface area contributed by atoms with Crippen LogP contribution in [0.4, 0.5) is 0 Å². The Morgan fingerprint density at radius 2 is 1.53 bits per heavy atom. The summed E-state index contributed by atoms with van der Waals surface area (Å²) in [7, 11) is 0. The number of Topliss-reactive ketones (excluding diaryl/α,β-unsaturated/α-hetero) is 1. The summed E-state index contributed by atoms with van der Waals surface area (Å²) in [6.45, 7) is 9.37. The maximum Gasteiger partial charge on any atom is 0.220 e. The van der Waals surface area contributed by atoms with Crippen LogP contribution in [-0.4, -0.2) is 29.2 Å². The summed E-state index contributed by atoms with van der Waals surface area (Å²) in [5, 5.41) is 8.01. The van der Waals surface area contributed by atoms with Crippen molar-refractivity contribution in [3.8, 4) is 0 Å². The van der Waals surface area contributed by atoms with E-state index in [1.54, 1.807) is 6.92 Å². The van der Waals surface area contributed by atoms with E-state index in [1.165, 1.54) is 0 Å². The van der Waals surface area contributed by atoms with Crippen LogP contribution in [0, 0.1) is 5.92 Å². The molecule has 5 nitrogen and oxygen atoms in total. The van der Waals surface area contributed by atoms with Crippen LogP contribution in [0.15, 0.2) is 42.5 Å². The number of fused-ring (bicyclic) bond motifs is 1. The lowest BCUT2D eigenvalue weighted by Crippen LogP contribution is -2.42. The molecule has 0 aliphatic carbocycles. The highest BCUT2D eigenvalue weighted by Crippen LogP contribution is 2.20. The van der Waals surface area contributed by atoms with E-state index >= 15 is 0 Å². The number of carbonyl (C=O) groups is 3. The van der Waals surface area contributed by atoms with Crippen LogP contribution < -0.4 is 10.6 Å². The molecule has 2 atom stereocenters. The minimum absolute atomic E-state index is 0.00872. The third kappa shape index (κ3) is 7.62. The smallest absolute Gasteiger partial charge is 0.220 e. The molecule has 2 aromatic rings. The Hall–Kier alpha value is -2.69. The van der Waals surface area contributed by atoms with Crippen LogP contribution in [0.1, 0.15) is 59.4 Å². The number of benzene rings is 2. The lowest BCUT2D eigenvalue weighted by atomic mass is 9.98. The number of aryl methyl sites for hydroxylation is 1. The van der Waals surface area contributed by atoms with Crippen molar-refractivity contribution >= 4 is 28.4 Å². The molecule has 0 fully saturated rings. The van der Waals surface area contributed by atoms with Gasteiger partial charge in [-0.1, -0.05) is 49.4 Å². The second-order valence-electron chi connectivity index (χ2n) is 9.21. The van der Waals surface area contributed by atoms with Crippen molar-refractivity contribution in [1.29, 1.82) is 0 Å². The number of carbonyl (C=O) groups excluding carboxylic acids is 3. The predicted octanol–water partition coefficient (Wildman–Crippen LogP) is 4.18. The minimum atomic E-state index is -0.539. The number of hydrogen-bond donors (Lipinski definition) is 2. The normalized spacial score (nSPS) is 13.5. The zero-order valence-corrected chi connectivity index (χ0v) is 18.7. The quantitative estimate of drug-likeness (QED) is 0.651. The van der Waals surface area contributed by atoms with Gasteiger partial charge in [0.1, 0.15) is 0 Å². The van der Waals surface area contributed by atoms with Gasteiger partial charge in [-0.05, 0) is 56.4 Å². The highest BCUT2D eigenvalue weighted by molar-refractivity contribution is 5.90. The topological polar surface area (TPSA) is 75.3 Å². The van der Waals surface area contributed by atoms with Gasteiger partial charge in [-0.15, -0.1) is 0 Å². The summed E-state index contributed by atoms with van der Waals surface area (Å²) in [4.78, 5) is 36.8. The third-order valence-corrected chi connectivity index (χ3v) is 4.96. The highest BCUT2D eigenvalue weighted by Gasteiger charge is 2.20. The van der Waals surface area contributed by atoms with E-state index in [0.717, 1.165) is 16.3 Å². The first-order valence-electron chi connectivity index (χ1n) is 10.6. The van der Waals surface area contributed by atoms with E-state index in [0.29, 0.717) is 12.8 Å². The molecule has 0 spiro atoms. The van der Waals surface area contributed by atoms with Crippen molar-refractivity contribution in [2.75, 3.05) is 0 Å². The van der Waals surface area contributed by atoms with Crippen LogP contribution in [0.3, 0.4) is 0 Å². The average molecular weight is 411 g/mol. The molecular weight excluding hydrogens is 376 g/mol. The molecule has 2 amide bonds. The van der Waals surface area contributed by atoms with Gasteiger partial charge in [-0.3, -0.25) is 14.4 Å². The van der Waals surface area contributed by atoms with Gasteiger partial charge in [0.2, 0.25) is 11.8 Å². The van der Waals surface area contributed by atoms with Gasteiger partial charge in [0, 0.05) is 24.8 Å². The molecule has 0 radical (unpaired) electrons. The monoisotopic (exact) mass is 410 g/mol. The van der Waals surface area contributed by atoms with Crippen LogP contribution in [0.2, 0.25) is 0 Å². The first-order valence-corrected chi connectivity index (χ1v) is 10.6. The fraction of sp³-hybridized carbons (Fsp3) is 0.480. The van der Waals surface area contributed by atoms with E-state index in [1.807, 2.05) is 52.0 Å². The summed E-state index contributed by atoms with van der Waals surface area (Å²) in [6.07, 6.45) is 1.52. The fourth-order valence-electron chi connectivity index (χ4n) is 3.54. The molecule has 30 heavy (non-hydrogen) atoms. The number of ketones is 1. The average Bonchev–Trinajstić information content (AvgIpc) is 2.63. The van der Waals surface area contributed by atoms with Crippen molar-refractivity contribution in [2.45, 2.75) is 71.9 Å². The molecule has 0 saturated heterocycles. The Bertz CT molecular complexity index is 893. The first-order chi connectivity index (χ1) is 14.0. The van der Waals surface area contributed by atoms with Gasteiger partial charge in [0.25, 0.3) is 0 Å². The largest absolute Gasteiger partial charge is 0.352 e. The summed E-state index contributed by atoms with van der Waals surface area (Å²) in [5.41, 5.74) is 0.850. The Morgan fingerprint density at radius 3 is 2.23 bits per heavy atom. The van der Waals surface area contributed by atoms with E-state index in [2.05, 4.69) is 28.8 Å². The lowest BCUT2D eigenvalue weighted by molar-refractivity contribution is -0.128. The van der Waals surface area contributed by atoms with E-state index in [4.69, 9.17) is 0 Å². The standard InChI is InChI=1S/C25H34N2O3/c1-17(16-24(30)27-25(3,4)5)15-23(29)26-18(2)22(28)14-13-20-11-8-10-19-9-6-7-12-21(19)20/h6-12,17-18H,13-16H2,1-5H3,(H,26,29)(H,27,30)/t17-,18-/m0/s1. The van der Waals surface area contributed by atoms with Gasteiger partial charge >= 0.3 is 0 Å². The third-order valence-electron chi connectivity index (χ3n) is 4.96. The van der Waals surface area contributed by atoms with E-state index in [9.17, 15) is 14.4 Å². The zero-order valence-electron chi connectivity index (χ0n) is 18.7. The predicted molar refractivity (Wildman–Crippen MR) is 121 cm³/mol. The first kappa shape index (κ1) is 23.6. The van der Waals surface area contributed by atoms with Crippen LogP contribution in [0.25, 0.3) is 10.8 Å². The van der Waals surface area contributed by atoms with E-state index in [-0.39, 0.29) is 41.9 Å². The van der Waals surface area contributed by atoms with Gasteiger partial charge in [0.15, 0.2) is 5.78 Å². The van der Waals surface area contributed by atoms with Gasteiger partial charge in [-0.25, -0.2) is 0 Å². The summed E-state index contributed by atoms with van der Waals surface area (Å²) < 4.78 is 0. The molecule has 2 rings (SSSR count). The van der Waals surface area contributed by atoms with E-state index < -0.39 is 6.04 Å². The molecule has 0 aliphatic rings. The minimum Gasteiger partial charge on any atom is -0.352 e. The molecule has 2 N–H and O–H groups in total. The van der Waals surface area contributed by atoms with Crippen LogP contribution in [0.5, 0.6) is 0 Å². The molecule has 0 bridgehead atoms. The highest BCUT2D eigenvalue weighted by atomic mass is 16.2. The van der Waals surface area contributed by atoms with Crippen molar-refractivity contribution < 1.29 is 14.4 Å². The Balaban J connectivity index is 1.80. The molecule has 2 aromatic carbocycles. The summed E-state index contributed by atoms with van der Waals surface area (Å²) in [6, 6.07) is 13.7. The molecule has 0 unspecified atom stereocenters. The van der Waals surface area contributed by atoms with Crippen molar-refractivity contribution in [1.82, 2.24) is 10.6 Å². The maximum absolute atomic E-state index is 12.5. The lowest BCUT2D eigenvalue weighted by Gasteiger charge is -2.22. The van der Waals surface area contributed by atoms with Crippen molar-refractivity contribution in [2.24, 2.45) is 5.92 Å². The summed E-state index contributed by atoms with van der Waals surface area (Å²) >= 11 is 0. The summed E-state index contributed by atoms with van der Waals surface area (Å²) in [5.74, 6) is -0.348. The van der Waals surface area contributed by atoms with Gasteiger partial charge in [-0.2, -0.15) is 0 Å². The maximum atomic E-state index is 12.5. The number of hydrogen-bond acceptors (Lipinski definition) is 3. The molecule has 0 aromatic heterocycles. The van der Waals surface area contributed by atoms with Crippen LogP contribution >= 0.6 is 0 Å². The Morgan fingerprint density at radius 1 is 0.900 bits per heavy atom. The molecular formula is C25H34N2O3. The second-order valence-corrected chi connectivity index (χ2v) is 9.21. The molecule has 5 heteroatoms. The molecule has 0 heterocycles. The van der Waals surface area contributed by atoms with Crippen molar-refractivity contribution in [3.63, 3.8) is 0 Å². The van der Waals surface area contributed by atoms with Crippen LogP contribution in [-0.2, 0) is 20.8 Å². The molecule has 0 saturated carbocycles. The van der Waals surface area contributed by atoms with Gasteiger partial charge in [0.05, 0.1) is 6.04 Å². The molecule has 162 valence electrons.